The summed E-state index contributed by atoms with van der Waals surface area (Å²) in [6.45, 7) is 1.55. The molecule has 1 heterocycles. The second-order valence-corrected chi connectivity index (χ2v) is 4.06. The fourth-order valence-electron chi connectivity index (χ4n) is 2.00. The fourth-order valence-corrected chi connectivity index (χ4v) is 2.00. The molecule has 0 bridgehead atoms. The van der Waals surface area contributed by atoms with Crippen molar-refractivity contribution in [3.63, 3.8) is 0 Å². The maximum absolute atomic E-state index is 12.9. The van der Waals surface area contributed by atoms with Crippen molar-refractivity contribution in [2.45, 2.75) is 19.3 Å². The molecule has 0 unspecified atom stereocenters. The highest BCUT2D eigenvalue weighted by Crippen LogP contribution is 2.13. The maximum Gasteiger partial charge on any atom is 0.126 e. The Morgan fingerprint density at radius 3 is 2.44 bits per heavy atom. The summed E-state index contributed by atoms with van der Waals surface area (Å²) in [7, 11) is 0. The van der Waals surface area contributed by atoms with Crippen LogP contribution in [0.2, 0.25) is 0 Å². The van der Waals surface area contributed by atoms with Gasteiger partial charge in [-0.1, -0.05) is 0 Å². The molecule has 1 aliphatic heterocycles. The summed E-state index contributed by atoms with van der Waals surface area (Å²) in [5.41, 5.74) is 0.650. The molecule has 4 heteroatoms. The molecule has 1 N–H and O–H groups in total. The van der Waals surface area contributed by atoms with Gasteiger partial charge < -0.3 is 4.90 Å². The Kier molecular flexibility index (Phi) is 3.17. The van der Waals surface area contributed by atoms with E-state index in [0.717, 1.165) is 25.5 Å². The Labute approximate surface area is 93.4 Å². The first kappa shape index (κ1) is 11.0. The van der Waals surface area contributed by atoms with Crippen LogP contribution in [-0.2, 0) is 6.42 Å². The lowest BCUT2D eigenvalue weighted by Gasteiger charge is -2.17. The summed E-state index contributed by atoms with van der Waals surface area (Å²) < 4.78 is 25.8. The second kappa shape index (κ2) is 4.60. The van der Waals surface area contributed by atoms with E-state index in [4.69, 9.17) is 5.41 Å². The lowest BCUT2D eigenvalue weighted by molar-refractivity contribution is 0.454. The maximum atomic E-state index is 12.9. The number of hydrogen-bond acceptors (Lipinski definition) is 1. The van der Waals surface area contributed by atoms with Gasteiger partial charge in [-0.15, -0.1) is 0 Å². The minimum Gasteiger partial charge on any atom is -0.360 e. The van der Waals surface area contributed by atoms with E-state index in [1.54, 1.807) is 0 Å². The monoisotopic (exact) mass is 224 g/mol. The zero-order valence-electron chi connectivity index (χ0n) is 8.97. The smallest absolute Gasteiger partial charge is 0.126 e. The number of likely N-dealkylation sites (tertiary alicyclic amines) is 1. The third-order valence-corrected chi connectivity index (χ3v) is 2.82. The summed E-state index contributed by atoms with van der Waals surface area (Å²) in [5, 5.41) is 7.63. The molecule has 0 saturated carbocycles. The lowest BCUT2D eigenvalue weighted by atomic mass is 10.1. The van der Waals surface area contributed by atoms with Crippen LogP contribution < -0.4 is 0 Å². The average molecular weight is 224 g/mol. The van der Waals surface area contributed by atoms with Crippen molar-refractivity contribution in [2.75, 3.05) is 13.1 Å². The number of amidine groups is 1. The van der Waals surface area contributed by atoms with Gasteiger partial charge in [0.05, 0.1) is 5.84 Å². The van der Waals surface area contributed by atoms with Crippen LogP contribution in [-0.4, -0.2) is 23.8 Å². The zero-order chi connectivity index (χ0) is 11.5. The first-order valence-corrected chi connectivity index (χ1v) is 5.42. The Bertz CT molecular complexity index is 384. The molecule has 1 saturated heterocycles. The molecule has 1 fully saturated rings. The van der Waals surface area contributed by atoms with E-state index in [1.165, 1.54) is 12.1 Å². The first-order chi connectivity index (χ1) is 7.65. The van der Waals surface area contributed by atoms with E-state index in [1.807, 2.05) is 4.90 Å². The van der Waals surface area contributed by atoms with E-state index in [9.17, 15) is 8.78 Å². The quantitative estimate of drug-likeness (QED) is 0.839. The van der Waals surface area contributed by atoms with Crippen molar-refractivity contribution in [2.24, 2.45) is 0 Å². The van der Waals surface area contributed by atoms with Gasteiger partial charge in [-0.25, -0.2) is 8.78 Å². The van der Waals surface area contributed by atoms with Crippen molar-refractivity contribution in [1.82, 2.24) is 4.90 Å². The number of halogens is 2. The molecule has 0 spiro atoms. The van der Waals surface area contributed by atoms with Crippen LogP contribution in [0.5, 0.6) is 0 Å². The van der Waals surface area contributed by atoms with Crippen LogP contribution in [0.1, 0.15) is 18.4 Å². The molecule has 16 heavy (non-hydrogen) atoms. The van der Waals surface area contributed by atoms with Gasteiger partial charge in [0.2, 0.25) is 0 Å². The third kappa shape index (κ3) is 2.56. The lowest BCUT2D eigenvalue weighted by Crippen LogP contribution is -2.26. The highest BCUT2D eigenvalue weighted by molar-refractivity contribution is 5.80. The number of rotatable bonds is 3. The molecule has 1 aromatic rings. The number of benzene rings is 1. The van der Waals surface area contributed by atoms with E-state index in [-0.39, 0.29) is 0 Å². The molecule has 2 nitrogen and oxygen atoms in total. The van der Waals surface area contributed by atoms with Gasteiger partial charge in [-0.2, -0.15) is 0 Å². The van der Waals surface area contributed by atoms with Crippen LogP contribution in [0, 0.1) is 17.0 Å². The fraction of sp³-hybridized carbons (Fsp3) is 0.417. The van der Waals surface area contributed by atoms with E-state index < -0.39 is 11.6 Å². The van der Waals surface area contributed by atoms with Gasteiger partial charge in [-0.05, 0) is 30.5 Å². The SMILES string of the molecule is N=C1CCCN1CCc1cc(F)cc(F)c1. The van der Waals surface area contributed by atoms with Crippen molar-refractivity contribution in [3.05, 3.63) is 35.4 Å². The molecule has 2 rings (SSSR count). The van der Waals surface area contributed by atoms with Gasteiger partial charge in [0.1, 0.15) is 11.6 Å². The second-order valence-electron chi connectivity index (χ2n) is 4.06. The highest BCUT2D eigenvalue weighted by atomic mass is 19.1. The minimum atomic E-state index is -0.536. The van der Waals surface area contributed by atoms with Gasteiger partial charge in [0, 0.05) is 25.6 Å². The van der Waals surface area contributed by atoms with E-state index in [0.29, 0.717) is 24.4 Å². The van der Waals surface area contributed by atoms with Crippen LogP contribution in [0.3, 0.4) is 0 Å². The van der Waals surface area contributed by atoms with E-state index in [2.05, 4.69) is 0 Å². The zero-order valence-corrected chi connectivity index (χ0v) is 8.97. The normalized spacial score (nSPS) is 15.9. The number of hydrogen-bond donors (Lipinski definition) is 1. The van der Waals surface area contributed by atoms with Gasteiger partial charge >= 0.3 is 0 Å². The van der Waals surface area contributed by atoms with Crippen molar-refractivity contribution >= 4 is 5.84 Å². The topological polar surface area (TPSA) is 27.1 Å². The molecule has 0 aromatic heterocycles. The molecular weight excluding hydrogens is 210 g/mol. The van der Waals surface area contributed by atoms with Gasteiger partial charge in [0.25, 0.3) is 0 Å². The van der Waals surface area contributed by atoms with Crippen molar-refractivity contribution in [1.29, 1.82) is 5.41 Å². The summed E-state index contributed by atoms with van der Waals surface area (Å²) in [4.78, 5) is 1.96. The molecule has 0 amide bonds. The molecule has 1 aromatic carbocycles. The predicted octanol–water partition coefficient (Wildman–Crippen LogP) is 2.58. The summed E-state index contributed by atoms with van der Waals surface area (Å²) in [5.74, 6) is -0.435. The Morgan fingerprint density at radius 1 is 1.19 bits per heavy atom. The van der Waals surface area contributed by atoms with E-state index >= 15 is 0 Å². The Hall–Kier alpha value is -1.45. The predicted molar refractivity (Wildman–Crippen MR) is 58.6 cm³/mol. The average Bonchev–Trinajstić information content (AvgIpc) is 2.59. The number of nitrogens with zero attached hydrogens (tertiary/aromatic N) is 1. The Morgan fingerprint density at radius 2 is 1.88 bits per heavy atom. The largest absolute Gasteiger partial charge is 0.360 e. The highest BCUT2D eigenvalue weighted by Gasteiger charge is 2.16. The Balaban J connectivity index is 1.96. The third-order valence-electron chi connectivity index (χ3n) is 2.82. The van der Waals surface area contributed by atoms with Crippen LogP contribution in [0.4, 0.5) is 8.78 Å². The summed E-state index contributed by atoms with van der Waals surface area (Å²) in [6, 6.07) is 3.58. The van der Waals surface area contributed by atoms with Crippen LogP contribution >= 0.6 is 0 Å². The minimum absolute atomic E-state index is 0.536. The first-order valence-electron chi connectivity index (χ1n) is 5.42. The van der Waals surface area contributed by atoms with Crippen molar-refractivity contribution < 1.29 is 8.78 Å². The van der Waals surface area contributed by atoms with Crippen LogP contribution in [0.25, 0.3) is 0 Å². The molecule has 0 atom stereocenters. The molecule has 0 radical (unpaired) electrons. The number of nitrogens with one attached hydrogen (secondary N) is 1. The molecule has 0 aliphatic carbocycles. The molecular formula is C12H14F2N2. The van der Waals surface area contributed by atoms with Gasteiger partial charge in [0.15, 0.2) is 0 Å². The summed E-state index contributed by atoms with van der Waals surface area (Å²) >= 11 is 0. The molecule has 86 valence electrons. The standard InChI is InChI=1S/C12H14F2N2/c13-10-6-9(7-11(14)8-10)3-5-16-4-1-2-12(16)15/h6-8,15H,1-5H2. The molecule has 1 aliphatic rings. The van der Waals surface area contributed by atoms with Crippen LogP contribution in [0.15, 0.2) is 18.2 Å². The summed E-state index contributed by atoms with van der Waals surface area (Å²) in [6.07, 6.45) is 2.41. The van der Waals surface area contributed by atoms with Gasteiger partial charge in [-0.3, -0.25) is 5.41 Å². The van der Waals surface area contributed by atoms with Crippen molar-refractivity contribution in [3.8, 4) is 0 Å².